The third kappa shape index (κ3) is 4.97. The van der Waals surface area contributed by atoms with Gasteiger partial charge in [-0.1, -0.05) is 25.1 Å². The molecule has 2 N–H and O–H groups in total. The smallest absolute Gasteiger partial charge is 0.329 e. The van der Waals surface area contributed by atoms with Crippen LogP contribution >= 0.6 is 0 Å². The molecule has 0 aliphatic rings. The summed E-state index contributed by atoms with van der Waals surface area (Å²) >= 11 is 0. The Balaban J connectivity index is 2.41. The number of benzene rings is 1. The van der Waals surface area contributed by atoms with Crippen LogP contribution in [0.5, 0.6) is 0 Å². The zero-order chi connectivity index (χ0) is 14.3. The summed E-state index contributed by atoms with van der Waals surface area (Å²) in [6.07, 6.45) is 0.828. The molecule has 6 nitrogen and oxygen atoms in total. The Morgan fingerprint density at radius 3 is 2.58 bits per heavy atom. The van der Waals surface area contributed by atoms with E-state index in [2.05, 4.69) is 10.8 Å². The summed E-state index contributed by atoms with van der Waals surface area (Å²) in [7, 11) is 3.16. The second kappa shape index (κ2) is 7.38. The Morgan fingerprint density at radius 1 is 1.26 bits per heavy atom. The van der Waals surface area contributed by atoms with Crippen LogP contribution in [-0.2, 0) is 16.1 Å². The second-order valence-corrected chi connectivity index (χ2v) is 4.15. The van der Waals surface area contributed by atoms with E-state index in [1.807, 2.05) is 31.2 Å². The Morgan fingerprint density at radius 2 is 1.95 bits per heavy atom. The number of urea groups is 1. The number of aryl methyl sites for hydroxylation is 1. The number of anilines is 1. The average molecular weight is 265 g/mol. The fourth-order valence-electron chi connectivity index (χ4n) is 1.39. The molecule has 0 bridgehead atoms. The summed E-state index contributed by atoms with van der Waals surface area (Å²) in [5.41, 5.74) is 3.96. The van der Waals surface area contributed by atoms with Gasteiger partial charge < -0.3 is 10.2 Å². The lowest BCUT2D eigenvalue weighted by Crippen LogP contribution is -2.36. The summed E-state index contributed by atoms with van der Waals surface area (Å²) in [6.45, 7) is 1.77. The SMILES string of the molecule is CCc1ccccc1NC(=O)CONC(=O)N(C)C. The second-order valence-electron chi connectivity index (χ2n) is 4.15. The predicted octanol–water partition coefficient (Wildman–Crippen LogP) is 1.39. The Labute approximate surface area is 112 Å². The van der Waals surface area contributed by atoms with Crippen molar-refractivity contribution in [3.8, 4) is 0 Å². The molecule has 1 aromatic rings. The zero-order valence-electron chi connectivity index (χ0n) is 11.4. The molecule has 6 heteroatoms. The van der Waals surface area contributed by atoms with E-state index < -0.39 is 6.03 Å². The Kier molecular flexibility index (Phi) is 5.81. The summed E-state index contributed by atoms with van der Waals surface area (Å²) in [4.78, 5) is 28.9. The molecular formula is C13H19N3O3. The molecule has 0 aliphatic heterocycles. The first-order valence-electron chi connectivity index (χ1n) is 6.01. The molecule has 0 saturated carbocycles. The molecule has 0 aromatic heterocycles. The molecule has 1 rings (SSSR count). The van der Waals surface area contributed by atoms with E-state index >= 15 is 0 Å². The van der Waals surface area contributed by atoms with Crippen molar-refractivity contribution < 1.29 is 14.4 Å². The molecule has 19 heavy (non-hydrogen) atoms. The lowest BCUT2D eigenvalue weighted by Gasteiger charge is -2.12. The molecule has 0 aliphatic carbocycles. The highest BCUT2D eigenvalue weighted by Gasteiger charge is 2.07. The maximum atomic E-state index is 11.6. The van der Waals surface area contributed by atoms with E-state index in [4.69, 9.17) is 4.84 Å². The first-order chi connectivity index (χ1) is 9.04. The molecule has 0 fully saturated rings. The van der Waals surface area contributed by atoms with Crippen LogP contribution in [-0.4, -0.2) is 37.5 Å². The highest BCUT2D eigenvalue weighted by Crippen LogP contribution is 2.14. The minimum atomic E-state index is -0.415. The van der Waals surface area contributed by atoms with Gasteiger partial charge in [0.05, 0.1) is 0 Å². The largest absolute Gasteiger partial charge is 0.340 e. The van der Waals surface area contributed by atoms with Gasteiger partial charge in [-0.25, -0.2) is 10.3 Å². The number of nitrogens with zero attached hydrogens (tertiary/aromatic N) is 1. The van der Waals surface area contributed by atoms with Crippen LogP contribution in [0.2, 0.25) is 0 Å². The van der Waals surface area contributed by atoms with Gasteiger partial charge in [0.2, 0.25) is 0 Å². The van der Waals surface area contributed by atoms with Crippen LogP contribution in [0.1, 0.15) is 12.5 Å². The molecule has 0 saturated heterocycles. The first-order valence-corrected chi connectivity index (χ1v) is 6.01. The van der Waals surface area contributed by atoms with Gasteiger partial charge in [-0.2, -0.15) is 0 Å². The molecule has 0 radical (unpaired) electrons. The normalized spacial score (nSPS) is 9.84. The molecule has 0 unspecified atom stereocenters. The van der Waals surface area contributed by atoms with E-state index in [0.717, 1.165) is 17.7 Å². The van der Waals surface area contributed by atoms with Crippen molar-refractivity contribution in [3.63, 3.8) is 0 Å². The van der Waals surface area contributed by atoms with Gasteiger partial charge in [0.1, 0.15) is 0 Å². The van der Waals surface area contributed by atoms with Crippen molar-refractivity contribution in [2.75, 3.05) is 26.0 Å². The van der Waals surface area contributed by atoms with Crippen LogP contribution < -0.4 is 10.8 Å². The number of amides is 3. The topological polar surface area (TPSA) is 70.7 Å². The molecule has 3 amide bonds. The number of nitrogens with one attached hydrogen (secondary N) is 2. The van der Waals surface area contributed by atoms with Crippen molar-refractivity contribution in [2.45, 2.75) is 13.3 Å². The number of hydrogen-bond donors (Lipinski definition) is 2. The van der Waals surface area contributed by atoms with E-state index in [0.29, 0.717) is 0 Å². The standard InChI is InChI=1S/C13H19N3O3/c1-4-10-7-5-6-8-11(10)14-12(17)9-19-15-13(18)16(2)3/h5-8H,4,9H2,1-3H3,(H,14,17)(H,15,18). The van der Waals surface area contributed by atoms with Crippen LogP contribution in [0.25, 0.3) is 0 Å². The minimum Gasteiger partial charge on any atom is -0.329 e. The van der Waals surface area contributed by atoms with E-state index in [-0.39, 0.29) is 12.5 Å². The van der Waals surface area contributed by atoms with E-state index in [1.54, 1.807) is 14.1 Å². The lowest BCUT2D eigenvalue weighted by atomic mass is 10.1. The first kappa shape index (κ1) is 15.0. The average Bonchev–Trinajstić information content (AvgIpc) is 2.39. The number of hydroxylamine groups is 1. The third-order valence-corrected chi connectivity index (χ3v) is 2.44. The number of carbonyl (C=O) groups is 2. The fraction of sp³-hybridized carbons (Fsp3) is 0.385. The molecule has 104 valence electrons. The van der Waals surface area contributed by atoms with E-state index in [9.17, 15) is 9.59 Å². The van der Waals surface area contributed by atoms with Gasteiger partial charge in [0.15, 0.2) is 6.61 Å². The minimum absolute atomic E-state index is 0.238. The summed E-state index contributed by atoms with van der Waals surface area (Å²) in [5.74, 6) is -0.319. The van der Waals surface area contributed by atoms with Crippen molar-refractivity contribution >= 4 is 17.6 Å². The maximum Gasteiger partial charge on any atom is 0.340 e. The molecular weight excluding hydrogens is 246 g/mol. The van der Waals surface area contributed by atoms with Crippen LogP contribution in [0.15, 0.2) is 24.3 Å². The molecule has 0 spiro atoms. The van der Waals surface area contributed by atoms with E-state index in [1.165, 1.54) is 4.90 Å². The molecule has 0 heterocycles. The number of para-hydroxylation sites is 1. The number of rotatable bonds is 5. The van der Waals surface area contributed by atoms with Gasteiger partial charge in [0.25, 0.3) is 5.91 Å². The maximum absolute atomic E-state index is 11.6. The van der Waals surface area contributed by atoms with Gasteiger partial charge in [0, 0.05) is 19.8 Å². The number of hydrogen-bond acceptors (Lipinski definition) is 3. The summed E-state index contributed by atoms with van der Waals surface area (Å²) in [6, 6.07) is 7.13. The third-order valence-electron chi connectivity index (χ3n) is 2.44. The van der Waals surface area contributed by atoms with Gasteiger partial charge in [-0.3, -0.25) is 9.63 Å². The van der Waals surface area contributed by atoms with Crippen LogP contribution in [0.3, 0.4) is 0 Å². The highest BCUT2D eigenvalue weighted by atomic mass is 16.7. The summed E-state index contributed by atoms with van der Waals surface area (Å²) in [5, 5.41) is 2.74. The number of carbonyl (C=O) groups excluding carboxylic acids is 2. The van der Waals surface area contributed by atoms with Gasteiger partial charge in [-0.15, -0.1) is 0 Å². The quantitative estimate of drug-likeness (QED) is 0.790. The zero-order valence-corrected chi connectivity index (χ0v) is 11.4. The fourth-order valence-corrected chi connectivity index (χ4v) is 1.39. The lowest BCUT2D eigenvalue weighted by molar-refractivity contribution is -0.122. The van der Waals surface area contributed by atoms with Crippen LogP contribution in [0.4, 0.5) is 10.5 Å². The summed E-state index contributed by atoms with van der Waals surface area (Å²) < 4.78 is 0. The monoisotopic (exact) mass is 265 g/mol. The van der Waals surface area contributed by atoms with Gasteiger partial charge >= 0.3 is 6.03 Å². The van der Waals surface area contributed by atoms with Crippen molar-refractivity contribution in [3.05, 3.63) is 29.8 Å². The predicted molar refractivity (Wildman–Crippen MR) is 72.6 cm³/mol. The Bertz CT molecular complexity index is 447. The Hall–Kier alpha value is -2.08. The van der Waals surface area contributed by atoms with Crippen LogP contribution in [0, 0.1) is 0 Å². The van der Waals surface area contributed by atoms with Gasteiger partial charge in [-0.05, 0) is 18.1 Å². The van der Waals surface area contributed by atoms with Crippen molar-refractivity contribution in [1.82, 2.24) is 10.4 Å². The highest BCUT2D eigenvalue weighted by molar-refractivity contribution is 5.92. The molecule has 0 atom stereocenters. The molecule has 1 aromatic carbocycles. The van der Waals surface area contributed by atoms with Crippen molar-refractivity contribution in [1.29, 1.82) is 0 Å². The van der Waals surface area contributed by atoms with Crippen molar-refractivity contribution in [2.24, 2.45) is 0 Å².